The number of nitrogens with one attached hydrogen (secondary N) is 1. The number of likely N-dealkylation sites (tertiary alicyclic amines) is 1. The van der Waals surface area contributed by atoms with Gasteiger partial charge < -0.3 is 10.2 Å². The Hall–Kier alpha value is -2.55. The van der Waals surface area contributed by atoms with E-state index in [4.69, 9.17) is 23.2 Å². The highest BCUT2D eigenvalue weighted by molar-refractivity contribution is 7.89. The van der Waals surface area contributed by atoms with Crippen molar-refractivity contribution in [3.8, 4) is 0 Å². The third-order valence-corrected chi connectivity index (χ3v) is 8.67. The summed E-state index contributed by atoms with van der Waals surface area (Å²) in [5.41, 5.74) is 1.13. The first kappa shape index (κ1) is 24.6. The molecule has 0 aromatic heterocycles. The maximum Gasteiger partial charge on any atom is 0.264 e. The summed E-state index contributed by atoms with van der Waals surface area (Å²) in [5, 5.41) is 2.82. The van der Waals surface area contributed by atoms with Crippen LogP contribution in [0.5, 0.6) is 0 Å². The highest BCUT2D eigenvalue weighted by Gasteiger charge is 2.39. The summed E-state index contributed by atoms with van der Waals surface area (Å²) in [6.45, 7) is 0.583. The zero-order chi connectivity index (χ0) is 24.3. The number of carbonyl (C=O) groups excluding carboxylic acids is 2. The summed E-state index contributed by atoms with van der Waals surface area (Å²) >= 11 is 11.9. The first-order valence-electron chi connectivity index (χ1n) is 11.1. The van der Waals surface area contributed by atoms with Gasteiger partial charge in [-0.05, 0) is 49.4 Å². The molecule has 2 aliphatic heterocycles. The van der Waals surface area contributed by atoms with Crippen molar-refractivity contribution in [1.82, 2.24) is 14.5 Å². The van der Waals surface area contributed by atoms with Gasteiger partial charge in [0.2, 0.25) is 11.8 Å². The fourth-order valence-electron chi connectivity index (χ4n) is 4.41. The molecule has 180 valence electrons. The number of hydrogen-bond donors (Lipinski definition) is 1. The van der Waals surface area contributed by atoms with E-state index in [2.05, 4.69) is 5.32 Å². The second-order valence-corrected chi connectivity index (χ2v) is 11.0. The zero-order valence-corrected chi connectivity index (χ0v) is 20.7. The minimum atomic E-state index is -4.15. The van der Waals surface area contributed by atoms with Crippen LogP contribution in [0.4, 0.5) is 0 Å². The molecular formula is C24H25Cl2N3O4S. The number of halogens is 2. The molecule has 2 aliphatic rings. The van der Waals surface area contributed by atoms with Gasteiger partial charge in [0.25, 0.3) is 10.0 Å². The van der Waals surface area contributed by atoms with E-state index in [0.717, 1.165) is 29.1 Å². The van der Waals surface area contributed by atoms with Crippen molar-refractivity contribution in [1.29, 1.82) is 0 Å². The molecule has 2 aromatic carbocycles. The lowest BCUT2D eigenvalue weighted by Gasteiger charge is -2.38. The smallest absolute Gasteiger partial charge is 0.264 e. The number of piperidine rings is 1. The van der Waals surface area contributed by atoms with Gasteiger partial charge in [0.05, 0.1) is 21.4 Å². The summed E-state index contributed by atoms with van der Waals surface area (Å²) in [5.74, 6) is -0.804. The zero-order valence-electron chi connectivity index (χ0n) is 18.4. The van der Waals surface area contributed by atoms with Gasteiger partial charge in [-0.2, -0.15) is 0 Å². The van der Waals surface area contributed by atoms with Crippen molar-refractivity contribution in [3.63, 3.8) is 0 Å². The standard InChI is InChI=1S/C24H25Cl2N3O4S/c25-20-10-9-19(15-21(20)26)34(32,33)29-13-11-27-24(31)22(29)16-23(30)28-12-5-4-8-18(28)14-17-6-2-1-3-7-17/h1-3,6-7,9-11,13,15,18,22H,4-5,8,12,14,16H2,(H,27,31)/t18-,22-/m1/s1. The summed E-state index contributed by atoms with van der Waals surface area (Å²) in [6.07, 6.45) is 5.72. The van der Waals surface area contributed by atoms with Crippen molar-refractivity contribution < 1.29 is 18.0 Å². The van der Waals surface area contributed by atoms with Gasteiger partial charge in [-0.25, -0.2) is 8.42 Å². The maximum absolute atomic E-state index is 13.4. The molecule has 1 fully saturated rings. The normalized spacial score (nSPS) is 20.8. The van der Waals surface area contributed by atoms with Crippen LogP contribution in [0.15, 0.2) is 65.8 Å². The molecule has 10 heteroatoms. The summed E-state index contributed by atoms with van der Waals surface area (Å²) < 4.78 is 27.6. The van der Waals surface area contributed by atoms with Crippen LogP contribution in [-0.4, -0.2) is 48.1 Å². The Balaban J connectivity index is 1.56. The largest absolute Gasteiger partial charge is 0.339 e. The fraction of sp³-hybridized carbons (Fsp3) is 0.333. The van der Waals surface area contributed by atoms with Gasteiger partial charge in [-0.15, -0.1) is 0 Å². The van der Waals surface area contributed by atoms with Crippen molar-refractivity contribution in [2.45, 2.75) is 49.1 Å². The van der Waals surface area contributed by atoms with Crippen molar-refractivity contribution in [2.75, 3.05) is 6.54 Å². The molecule has 2 atom stereocenters. The third kappa shape index (κ3) is 5.24. The van der Waals surface area contributed by atoms with E-state index in [1.165, 1.54) is 30.6 Å². The van der Waals surface area contributed by atoms with Crippen molar-refractivity contribution in [2.24, 2.45) is 0 Å². The monoisotopic (exact) mass is 521 g/mol. The van der Waals surface area contributed by atoms with Gasteiger partial charge in [0.15, 0.2) is 0 Å². The number of sulfonamides is 1. The van der Waals surface area contributed by atoms with Crippen LogP contribution in [0.3, 0.4) is 0 Å². The molecular weight excluding hydrogens is 497 g/mol. The first-order chi connectivity index (χ1) is 16.3. The van der Waals surface area contributed by atoms with E-state index >= 15 is 0 Å². The van der Waals surface area contributed by atoms with Crippen LogP contribution in [0.2, 0.25) is 10.0 Å². The molecule has 34 heavy (non-hydrogen) atoms. The molecule has 1 saturated heterocycles. The lowest BCUT2D eigenvalue weighted by atomic mass is 9.95. The molecule has 4 rings (SSSR count). The van der Waals surface area contributed by atoms with Crippen LogP contribution in [-0.2, 0) is 26.0 Å². The predicted octanol–water partition coefficient (Wildman–Crippen LogP) is 3.97. The lowest BCUT2D eigenvalue weighted by molar-refractivity contribution is -0.138. The van der Waals surface area contributed by atoms with E-state index < -0.39 is 22.0 Å². The van der Waals surface area contributed by atoms with Crippen LogP contribution in [0, 0.1) is 0 Å². The van der Waals surface area contributed by atoms with Gasteiger partial charge in [0.1, 0.15) is 6.04 Å². The van der Waals surface area contributed by atoms with E-state index in [1.807, 2.05) is 30.3 Å². The molecule has 0 spiro atoms. The van der Waals surface area contributed by atoms with E-state index in [-0.39, 0.29) is 33.3 Å². The maximum atomic E-state index is 13.4. The summed E-state index contributed by atoms with van der Waals surface area (Å²) in [4.78, 5) is 27.8. The molecule has 0 radical (unpaired) electrons. The van der Waals surface area contributed by atoms with Gasteiger partial charge in [-0.3, -0.25) is 13.9 Å². The molecule has 1 N–H and O–H groups in total. The quantitative estimate of drug-likeness (QED) is 0.622. The van der Waals surface area contributed by atoms with Gasteiger partial charge in [0, 0.05) is 25.0 Å². The Morgan fingerprint density at radius 1 is 1.06 bits per heavy atom. The fourth-order valence-corrected chi connectivity index (χ4v) is 6.25. The van der Waals surface area contributed by atoms with Crippen LogP contribution >= 0.6 is 23.2 Å². The average molecular weight is 522 g/mol. The third-order valence-electron chi connectivity index (χ3n) is 6.15. The number of carbonyl (C=O) groups is 2. The Kier molecular flexibility index (Phi) is 7.50. The molecule has 0 unspecified atom stereocenters. The van der Waals surface area contributed by atoms with Crippen LogP contribution < -0.4 is 5.32 Å². The number of nitrogens with zero attached hydrogens (tertiary/aromatic N) is 2. The van der Waals surface area contributed by atoms with Crippen molar-refractivity contribution in [3.05, 3.63) is 76.5 Å². The molecule has 0 saturated carbocycles. The summed E-state index contributed by atoms with van der Waals surface area (Å²) in [6, 6.07) is 12.7. The molecule has 2 amide bonds. The number of benzene rings is 2. The Bertz CT molecular complexity index is 1200. The second kappa shape index (κ2) is 10.4. The molecule has 0 aliphatic carbocycles. The topological polar surface area (TPSA) is 86.8 Å². The molecule has 2 heterocycles. The molecule has 2 aromatic rings. The van der Waals surface area contributed by atoms with E-state index in [9.17, 15) is 18.0 Å². The van der Waals surface area contributed by atoms with Crippen molar-refractivity contribution >= 4 is 45.0 Å². The average Bonchev–Trinajstić information content (AvgIpc) is 2.83. The SMILES string of the molecule is O=C1NC=CN(S(=O)(=O)c2ccc(Cl)c(Cl)c2)[C@@H]1CC(=O)N1CCCC[C@@H]1Cc1ccccc1. The highest BCUT2D eigenvalue weighted by atomic mass is 35.5. The number of amides is 2. The summed E-state index contributed by atoms with van der Waals surface area (Å²) in [7, 11) is -4.15. The predicted molar refractivity (Wildman–Crippen MR) is 131 cm³/mol. The van der Waals surface area contributed by atoms with E-state index in [0.29, 0.717) is 13.0 Å². The minimum Gasteiger partial charge on any atom is -0.339 e. The minimum absolute atomic E-state index is 0.00553. The molecule has 7 nitrogen and oxygen atoms in total. The number of hydrogen-bond acceptors (Lipinski definition) is 4. The van der Waals surface area contributed by atoms with Crippen LogP contribution in [0.25, 0.3) is 0 Å². The molecule has 0 bridgehead atoms. The van der Waals surface area contributed by atoms with E-state index in [1.54, 1.807) is 4.90 Å². The lowest BCUT2D eigenvalue weighted by Crippen LogP contribution is -2.53. The van der Waals surface area contributed by atoms with Crippen LogP contribution in [0.1, 0.15) is 31.2 Å². The van der Waals surface area contributed by atoms with Gasteiger partial charge in [-0.1, -0.05) is 53.5 Å². The Morgan fingerprint density at radius 3 is 2.56 bits per heavy atom. The Morgan fingerprint density at radius 2 is 1.82 bits per heavy atom. The number of rotatable bonds is 6. The first-order valence-corrected chi connectivity index (χ1v) is 13.3. The Labute approximate surface area is 209 Å². The van der Waals surface area contributed by atoms with Gasteiger partial charge >= 0.3 is 0 Å². The highest BCUT2D eigenvalue weighted by Crippen LogP contribution is 2.29. The second-order valence-electron chi connectivity index (χ2n) is 8.38.